The largest absolute Gasteiger partial charge is 0.456 e. The number of nitrogens with zero attached hydrogens (tertiary/aromatic N) is 3. The van der Waals surface area contributed by atoms with Gasteiger partial charge >= 0.3 is 5.97 Å². The van der Waals surface area contributed by atoms with Gasteiger partial charge in [0.25, 0.3) is 5.89 Å². The minimum absolute atomic E-state index is 0.0891. The zero-order valence-corrected chi connectivity index (χ0v) is 15.6. The van der Waals surface area contributed by atoms with Crippen molar-refractivity contribution in [1.29, 1.82) is 0 Å². The van der Waals surface area contributed by atoms with Crippen LogP contribution >= 0.6 is 11.3 Å². The van der Waals surface area contributed by atoms with Crippen molar-refractivity contribution in [1.82, 2.24) is 15.1 Å². The molecule has 0 spiro atoms. The second kappa shape index (κ2) is 8.26. The molecule has 28 heavy (non-hydrogen) atoms. The molecule has 2 aromatic heterocycles. The Morgan fingerprint density at radius 1 is 1.11 bits per heavy atom. The Morgan fingerprint density at radius 2 is 1.93 bits per heavy atom. The van der Waals surface area contributed by atoms with Gasteiger partial charge in [-0.15, -0.1) is 11.3 Å². The molecule has 0 amide bonds. The smallest absolute Gasteiger partial charge is 0.306 e. The molecule has 6 nitrogen and oxygen atoms in total. The minimum Gasteiger partial charge on any atom is -0.456 e. The summed E-state index contributed by atoms with van der Waals surface area (Å²) in [6.07, 6.45) is 1.67. The second-order valence-electron chi connectivity index (χ2n) is 6.11. The number of carbonyl (C=O) groups excluding carboxylic acids is 1. The van der Waals surface area contributed by atoms with Gasteiger partial charge in [0.15, 0.2) is 6.61 Å². The summed E-state index contributed by atoms with van der Waals surface area (Å²) in [5.74, 6) is -0.157. The van der Waals surface area contributed by atoms with Crippen LogP contribution in [0.1, 0.15) is 23.7 Å². The molecule has 0 N–H and O–H groups in total. The van der Waals surface area contributed by atoms with Gasteiger partial charge in [-0.3, -0.25) is 4.79 Å². The molecule has 4 rings (SSSR count). The molecule has 0 aliphatic heterocycles. The first-order valence-electron chi connectivity index (χ1n) is 8.76. The number of fused-ring (bicyclic) bond motifs is 1. The summed E-state index contributed by atoms with van der Waals surface area (Å²) in [6, 6.07) is 13.7. The van der Waals surface area contributed by atoms with Crippen LogP contribution in [0.2, 0.25) is 0 Å². The van der Waals surface area contributed by atoms with Gasteiger partial charge in [0.1, 0.15) is 5.82 Å². The first kappa shape index (κ1) is 18.2. The normalized spacial score (nSPS) is 11.0. The van der Waals surface area contributed by atoms with E-state index >= 15 is 0 Å². The van der Waals surface area contributed by atoms with Gasteiger partial charge in [-0.1, -0.05) is 17.3 Å². The van der Waals surface area contributed by atoms with Gasteiger partial charge in [0.2, 0.25) is 5.82 Å². The maximum atomic E-state index is 13.0. The molecule has 8 heteroatoms. The van der Waals surface area contributed by atoms with Crippen molar-refractivity contribution in [3.05, 3.63) is 65.2 Å². The van der Waals surface area contributed by atoms with E-state index in [4.69, 9.17) is 9.26 Å². The van der Waals surface area contributed by atoms with Crippen molar-refractivity contribution in [3.8, 4) is 11.4 Å². The second-order valence-corrected chi connectivity index (χ2v) is 7.22. The lowest BCUT2D eigenvalue weighted by molar-refractivity contribution is -0.145. The van der Waals surface area contributed by atoms with Gasteiger partial charge in [-0.25, -0.2) is 9.37 Å². The van der Waals surface area contributed by atoms with Crippen LogP contribution in [0.25, 0.3) is 21.6 Å². The maximum Gasteiger partial charge on any atom is 0.306 e. The zero-order chi connectivity index (χ0) is 19.3. The molecule has 0 unspecified atom stereocenters. The van der Waals surface area contributed by atoms with Crippen LogP contribution in [0, 0.1) is 5.82 Å². The Hall–Kier alpha value is -3.13. The first-order valence-corrected chi connectivity index (χ1v) is 9.57. The number of hydrogen-bond acceptors (Lipinski definition) is 7. The van der Waals surface area contributed by atoms with Crippen molar-refractivity contribution < 1.29 is 18.4 Å². The highest BCUT2D eigenvalue weighted by Gasteiger charge is 2.12. The molecule has 0 fully saturated rings. The Balaban J connectivity index is 1.24. The highest BCUT2D eigenvalue weighted by atomic mass is 32.1. The van der Waals surface area contributed by atoms with Gasteiger partial charge < -0.3 is 9.26 Å². The monoisotopic (exact) mass is 397 g/mol. The molecular weight excluding hydrogens is 381 g/mol. The van der Waals surface area contributed by atoms with E-state index in [1.165, 1.54) is 12.1 Å². The van der Waals surface area contributed by atoms with Crippen LogP contribution in [0.5, 0.6) is 0 Å². The van der Waals surface area contributed by atoms with Crippen LogP contribution < -0.4 is 0 Å². The average molecular weight is 397 g/mol. The maximum absolute atomic E-state index is 13.0. The van der Waals surface area contributed by atoms with Gasteiger partial charge in [0, 0.05) is 12.0 Å². The van der Waals surface area contributed by atoms with Gasteiger partial charge in [0.05, 0.1) is 15.2 Å². The molecule has 0 bridgehead atoms. The third-order valence-corrected chi connectivity index (χ3v) is 5.13. The van der Waals surface area contributed by atoms with Crippen LogP contribution in [0.4, 0.5) is 4.39 Å². The van der Waals surface area contributed by atoms with E-state index in [2.05, 4.69) is 15.1 Å². The van der Waals surface area contributed by atoms with Crippen molar-refractivity contribution in [3.63, 3.8) is 0 Å². The quantitative estimate of drug-likeness (QED) is 0.426. The fourth-order valence-electron chi connectivity index (χ4n) is 2.65. The predicted octanol–water partition coefficient (Wildman–Crippen LogP) is 4.55. The van der Waals surface area contributed by atoms with Crippen LogP contribution in [-0.4, -0.2) is 21.1 Å². The number of esters is 1. The summed E-state index contributed by atoms with van der Waals surface area (Å²) in [5.41, 5.74) is 1.61. The Morgan fingerprint density at radius 3 is 2.75 bits per heavy atom. The summed E-state index contributed by atoms with van der Waals surface area (Å²) < 4.78 is 24.4. The molecule has 0 aliphatic rings. The number of halogens is 1. The van der Waals surface area contributed by atoms with Gasteiger partial charge in [-0.05, 0) is 49.2 Å². The van der Waals surface area contributed by atoms with Crippen molar-refractivity contribution in [2.24, 2.45) is 0 Å². The summed E-state index contributed by atoms with van der Waals surface area (Å²) in [4.78, 5) is 20.6. The van der Waals surface area contributed by atoms with E-state index in [9.17, 15) is 9.18 Å². The first-order chi connectivity index (χ1) is 13.7. The summed E-state index contributed by atoms with van der Waals surface area (Å²) in [7, 11) is 0. The fraction of sp³-hybridized carbons (Fsp3) is 0.200. The molecule has 4 aromatic rings. The number of aryl methyl sites for hydroxylation is 1. The lowest BCUT2D eigenvalue weighted by Gasteiger charge is -2.00. The number of hydrogen-bond donors (Lipinski definition) is 0. The van der Waals surface area contributed by atoms with E-state index in [1.54, 1.807) is 23.5 Å². The number of benzene rings is 2. The minimum atomic E-state index is -0.341. The van der Waals surface area contributed by atoms with Crippen molar-refractivity contribution in [2.75, 3.05) is 0 Å². The Bertz CT molecular complexity index is 1060. The molecule has 142 valence electrons. The van der Waals surface area contributed by atoms with Crippen LogP contribution in [0.3, 0.4) is 0 Å². The predicted molar refractivity (Wildman–Crippen MR) is 102 cm³/mol. The topological polar surface area (TPSA) is 78.1 Å². The fourth-order valence-corrected chi connectivity index (χ4v) is 3.66. The lowest BCUT2D eigenvalue weighted by Crippen LogP contribution is -2.05. The lowest BCUT2D eigenvalue weighted by atomic mass is 10.2. The zero-order valence-electron chi connectivity index (χ0n) is 14.8. The number of ether oxygens (including phenoxy) is 1. The van der Waals surface area contributed by atoms with Crippen molar-refractivity contribution in [2.45, 2.75) is 25.9 Å². The molecule has 0 atom stereocenters. The third-order valence-electron chi connectivity index (χ3n) is 4.04. The SMILES string of the molecule is O=C(CCCc1nc2ccccc2s1)OCc1nc(-c2ccc(F)cc2)no1. The number of thiazole rings is 1. The molecule has 0 saturated heterocycles. The highest BCUT2D eigenvalue weighted by molar-refractivity contribution is 7.18. The van der Waals surface area contributed by atoms with Crippen LogP contribution in [-0.2, 0) is 22.6 Å². The number of para-hydroxylation sites is 1. The number of aromatic nitrogens is 3. The van der Waals surface area contributed by atoms with E-state index in [1.807, 2.05) is 24.3 Å². The Labute approximate surface area is 164 Å². The van der Waals surface area contributed by atoms with E-state index < -0.39 is 0 Å². The Kier molecular flexibility index (Phi) is 5.38. The molecule has 0 radical (unpaired) electrons. The molecule has 2 heterocycles. The van der Waals surface area contributed by atoms with Crippen LogP contribution in [0.15, 0.2) is 53.1 Å². The standard InChI is InChI=1S/C20H16FN3O3S/c21-14-10-8-13(9-11-14)20-23-17(27-24-20)12-26-19(25)7-3-6-18-22-15-4-1-2-5-16(15)28-18/h1-2,4-5,8-11H,3,6-7,12H2. The van der Waals surface area contributed by atoms with E-state index in [0.717, 1.165) is 21.6 Å². The summed E-state index contributed by atoms with van der Waals surface area (Å²) in [6.45, 7) is -0.0891. The summed E-state index contributed by atoms with van der Waals surface area (Å²) in [5, 5.41) is 4.82. The highest BCUT2D eigenvalue weighted by Crippen LogP contribution is 2.23. The van der Waals surface area contributed by atoms with Crippen molar-refractivity contribution >= 4 is 27.5 Å². The molecule has 0 saturated carbocycles. The van der Waals surface area contributed by atoms with E-state index in [-0.39, 0.29) is 30.7 Å². The molecule has 2 aromatic carbocycles. The van der Waals surface area contributed by atoms with Gasteiger partial charge in [-0.2, -0.15) is 4.98 Å². The third kappa shape index (κ3) is 4.40. The number of rotatable bonds is 7. The average Bonchev–Trinajstić information content (AvgIpc) is 3.33. The number of carbonyl (C=O) groups is 1. The molecule has 0 aliphatic carbocycles. The molecular formula is C20H16FN3O3S. The van der Waals surface area contributed by atoms with E-state index in [0.29, 0.717) is 17.8 Å². The summed E-state index contributed by atoms with van der Waals surface area (Å²) >= 11 is 1.64.